The molecule has 0 saturated carbocycles. The maximum atomic E-state index is 13.2. The van der Waals surface area contributed by atoms with Crippen LogP contribution in [0.15, 0.2) is 30.5 Å². The molecule has 0 spiro atoms. The van der Waals surface area contributed by atoms with Gasteiger partial charge in [0.15, 0.2) is 0 Å². The average Bonchev–Trinajstić information content (AvgIpc) is 3.13. The van der Waals surface area contributed by atoms with Crippen LogP contribution in [-0.2, 0) is 11.2 Å². The second-order valence-corrected chi connectivity index (χ2v) is 8.24. The second-order valence-electron chi connectivity index (χ2n) is 8.24. The number of hydrogen-bond donors (Lipinski definition) is 0. The highest BCUT2D eigenvalue weighted by molar-refractivity contribution is 6.03. The molecular formula is C24H30FN3O2. The SMILES string of the molecule is CCN(CC)C(=O)[C@@H]1C=C2c3cccc4c3c(cn4C(C)=O)CC2N(CCCF)C1. The molecule has 0 radical (unpaired) electrons. The summed E-state index contributed by atoms with van der Waals surface area (Å²) in [5.41, 5.74) is 4.31. The molecule has 4 rings (SSSR count). The van der Waals surface area contributed by atoms with Crippen LogP contribution < -0.4 is 0 Å². The van der Waals surface area contributed by atoms with Crippen LogP contribution in [0.3, 0.4) is 0 Å². The lowest BCUT2D eigenvalue weighted by Gasteiger charge is -2.42. The summed E-state index contributed by atoms with van der Waals surface area (Å²) >= 11 is 0. The van der Waals surface area contributed by atoms with Gasteiger partial charge < -0.3 is 4.90 Å². The quantitative estimate of drug-likeness (QED) is 0.727. The molecule has 1 aromatic heterocycles. The van der Waals surface area contributed by atoms with E-state index in [-0.39, 0.29) is 30.4 Å². The summed E-state index contributed by atoms with van der Waals surface area (Å²) in [5.74, 6) is -0.107. The molecule has 0 fully saturated rings. The van der Waals surface area contributed by atoms with Gasteiger partial charge in [-0.1, -0.05) is 18.2 Å². The van der Waals surface area contributed by atoms with E-state index in [0.717, 1.165) is 34.0 Å². The lowest BCUT2D eigenvalue weighted by Crippen LogP contribution is -2.49. The monoisotopic (exact) mass is 411 g/mol. The number of hydrogen-bond acceptors (Lipinski definition) is 3. The molecule has 1 aliphatic heterocycles. The van der Waals surface area contributed by atoms with Crippen molar-refractivity contribution in [3.05, 3.63) is 41.6 Å². The van der Waals surface area contributed by atoms with Crippen molar-refractivity contribution in [1.82, 2.24) is 14.4 Å². The number of benzene rings is 1. The Morgan fingerprint density at radius 3 is 2.67 bits per heavy atom. The van der Waals surface area contributed by atoms with Crippen LogP contribution in [0.4, 0.5) is 4.39 Å². The van der Waals surface area contributed by atoms with Crippen molar-refractivity contribution in [3.63, 3.8) is 0 Å². The van der Waals surface area contributed by atoms with E-state index in [1.54, 1.807) is 11.5 Å². The zero-order valence-corrected chi connectivity index (χ0v) is 18.0. The minimum absolute atomic E-state index is 0.00822. The molecule has 0 saturated heterocycles. The first-order valence-electron chi connectivity index (χ1n) is 10.9. The first-order chi connectivity index (χ1) is 14.5. The van der Waals surface area contributed by atoms with Crippen LogP contribution in [0.5, 0.6) is 0 Å². The summed E-state index contributed by atoms with van der Waals surface area (Å²) in [7, 11) is 0. The van der Waals surface area contributed by atoms with Crippen LogP contribution in [-0.4, -0.2) is 65.1 Å². The fraction of sp³-hybridized carbons (Fsp3) is 0.500. The summed E-state index contributed by atoms with van der Waals surface area (Å²) in [6, 6.07) is 6.16. The largest absolute Gasteiger partial charge is 0.343 e. The van der Waals surface area contributed by atoms with E-state index in [4.69, 9.17) is 0 Å². The lowest BCUT2D eigenvalue weighted by molar-refractivity contribution is -0.134. The number of alkyl halides is 1. The van der Waals surface area contributed by atoms with Crippen molar-refractivity contribution in [3.8, 4) is 0 Å². The summed E-state index contributed by atoms with van der Waals surface area (Å²) in [6.07, 6.45) is 5.33. The molecule has 2 heterocycles. The molecule has 1 aromatic carbocycles. The molecule has 6 heteroatoms. The van der Waals surface area contributed by atoms with Crippen molar-refractivity contribution in [2.24, 2.45) is 5.92 Å². The number of nitrogens with zero attached hydrogens (tertiary/aromatic N) is 3. The number of halogens is 1. The maximum Gasteiger partial charge on any atom is 0.230 e. The van der Waals surface area contributed by atoms with Crippen LogP contribution in [0, 0.1) is 5.92 Å². The summed E-state index contributed by atoms with van der Waals surface area (Å²) in [6.45, 7) is 7.82. The fourth-order valence-electron chi connectivity index (χ4n) is 5.13. The number of aromatic nitrogens is 1. The predicted molar refractivity (Wildman–Crippen MR) is 117 cm³/mol. The van der Waals surface area contributed by atoms with Crippen molar-refractivity contribution in [1.29, 1.82) is 0 Å². The minimum Gasteiger partial charge on any atom is -0.343 e. The Bertz CT molecular complexity index is 1010. The Labute approximate surface area is 177 Å². The zero-order chi connectivity index (χ0) is 21.4. The molecule has 1 amide bonds. The van der Waals surface area contributed by atoms with Crippen molar-refractivity contribution >= 4 is 28.3 Å². The average molecular weight is 412 g/mol. The Morgan fingerprint density at radius 2 is 2.00 bits per heavy atom. The van der Waals surface area contributed by atoms with Gasteiger partial charge in [-0.3, -0.25) is 23.4 Å². The van der Waals surface area contributed by atoms with Crippen LogP contribution in [0.25, 0.3) is 16.5 Å². The van der Waals surface area contributed by atoms with Gasteiger partial charge in [0.1, 0.15) is 0 Å². The summed E-state index contributed by atoms with van der Waals surface area (Å²) in [5, 5.41) is 1.11. The molecule has 5 nitrogen and oxygen atoms in total. The number of carbonyl (C=O) groups is 2. The number of amides is 1. The van der Waals surface area contributed by atoms with E-state index in [1.807, 2.05) is 37.1 Å². The molecule has 0 bridgehead atoms. The first kappa shape index (κ1) is 20.8. The highest BCUT2D eigenvalue weighted by Crippen LogP contribution is 2.42. The number of rotatable bonds is 6. The minimum atomic E-state index is -0.363. The highest BCUT2D eigenvalue weighted by atomic mass is 19.1. The normalized spacial score (nSPS) is 20.7. The first-order valence-corrected chi connectivity index (χ1v) is 10.9. The van der Waals surface area contributed by atoms with E-state index in [9.17, 15) is 14.0 Å². The molecule has 2 aliphatic rings. The Balaban J connectivity index is 1.83. The van der Waals surface area contributed by atoms with Crippen molar-refractivity contribution in [2.45, 2.75) is 39.7 Å². The Kier molecular flexibility index (Phi) is 5.78. The highest BCUT2D eigenvalue weighted by Gasteiger charge is 2.38. The second kappa shape index (κ2) is 8.34. The Hall–Kier alpha value is -2.47. The summed E-state index contributed by atoms with van der Waals surface area (Å²) in [4.78, 5) is 29.5. The summed E-state index contributed by atoms with van der Waals surface area (Å²) < 4.78 is 14.7. The van der Waals surface area contributed by atoms with Crippen LogP contribution in [0.1, 0.15) is 43.1 Å². The topological polar surface area (TPSA) is 45.6 Å². The molecule has 1 aliphatic carbocycles. The van der Waals surface area contributed by atoms with Gasteiger partial charge in [-0.05, 0) is 49.5 Å². The molecule has 160 valence electrons. The predicted octanol–water partition coefficient (Wildman–Crippen LogP) is 3.77. The van der Waals surface area contributed by atoms with Gasteiger partial charge in [-0.25, -0.2) is 0 Å². The van der Waals surface area contributed by atoms with Gasteiger partial charge in [0.25, 0.3) is 0 Å². The standard InChI is InChI=1S/C24H30FN3O2/c1-4-26(5-2)24(30)18-12-20-19-8-6-9-21-23(19)17(15-28(21)16(3)29)13-22(20)27(14-18)11-7-10-25/h6,8-9,12,15,18,22H,4-5,7,10-11,13-14H2,1-3H3/t18-,22?/m1/s1. The van der Waals surface area contributed by atoms with Crippen LogP contribution in [0.2, 0.25) is 0 Å². The molecule has 2 aromatic rings. The third-order valence-electron chi connectivity index (χ3n) is 6.55. The molecule has 2 atom stereocenters. The van der Waals surface area contributed by atoms with E-state index in [0.29, 0.717) is 32.6 Å². The molecule has 1 unspecified atom stereocenters. The third-order valence-corrected chi connectivity index (χ3v) is 6.55. The van der Waals surface area contributed by atoms with Gasteiger partial charge in [0.2, 0.25) is 11.8 Å². The molecule has 0 N–H and O–H groups in total. The molecule has 30 heavy (non-hydrogen) atoms. The smallest absolute Gasteiger partial charge is 0.230 e. The van der Waals surface area contributed by atoms with Gasteiger partial charge in [-0.2, -0.15) is 0 Å². The maximum absolute atomic E-state index is 13.2. The number of fused-ring (bicyclic) bond motifs is 2. The van der Waals surface area contributed by atoms with Gasteiger partial charge in [0, 0.05) is 50.7 Å². The van der Waals surface area contributed by atoms with E-state index < -0.39 is 0 Å². The lowest BCUT2D eigenvalue weighted by atomic mass is 9.79. The third kappa shape index (κ3) is 3.37. The van der Waals surface area contributed by atoms with Crippen LogP contribution >= 0.6 is 0 Å². The fourth-order valence-corrected chi connectivity index (χ4v) is 5.13. The van der Waals surface area contributed by atoms with E-state index in [2.05, 4.69) is 17.0 Å². The van der Waals surface area contributed by atoms with E-state index in [1.165, 1.54) is 0 Å². The van der Waals surface area contributed by atoms with Crippen molar-refractivity contribution < 1.29 is 14.0 Å². The Morgan fingerprint density at radius 1 is 1.23 bits per heavy atom. The van der Waals surface area contributed by atoms with Gasteiger partial charge in [0.05, 0.1) is 18.1 Å². The van der Waals surface area contributed by atoms with Crippen molar-refractivity contribution in [2.75, 3.05) is 32.9 Å². The van der Waals surface area contributed by atoms with E-state index >= 15 is 0 Å². The van der Waals surface area contributed by atoms with Gasteiger partial charge >= 0.3 is 0 Å². The zero-order valence-electron chi connectivity index (χ0n) is 18.0. The number of carbonyl (C=O) groups excluding carboxylic acids is 2. The molecular weight excluding hydrogens is 381 g/mol. The van der Waals surface area contributed by atoms with Gasteiger partial charge in [-0.15, -0.1) is 0 Å².